The van der Waals surface area contributed by atoms with Gasteiger partial charge in [-0.2, -0.15) is 9.61 Å². The Morgan fingerprint density at radius 3 is 2.85 bits per heavy atom. The van der Waals surface area contributed by atoms with Gasteiger partial charge in [0.05, 0.1) is 32.1 Å². The first-order valence-corrected chi connectivity index (χ1v) is 8.94. The van der Waals surface area contributed by atoms with Gasteiger partial charge in [-0.1, -0.05) is 12.1 Å². The molecule has 7 nitrogen and oxygen atoms in total. The van der Waals surface area contributed by atoms with Gasteiger partial charge < -0.3 is 19.7 Å². The zero-order valence-electron chi connectivity index (χ0n) is 14.7. The highest BCUT2D eigenvalue weighted by atomic mass is 16.5. The molecule has 0 bridgehead atoms. The van der Waals surface area contributed by atoms with Crippen molar-refractivity contribution in [3.05, 3.63) is 47.8 Å². The van der Waals surface area contributed by atoms with Crippen LogP contribution in [0, 0.1) is 0 Å². The Balaban J connectivity index is 1.40. The average Bonchev–Trinajstić information content (AvgIpc) is 3.11. The minimum absolute atomic E-state index is 0.141. The molecule has 1 aromatic carbocycles. The maximum atomic E-state index is 6.14. The fourth-order valence-electron chi connectivity index (χ4n) is 3.74. The number of fused-ring (bicyclic) bond motifs is 2. The zero-order chi connectivity index (χ0) is 17.5. The molecule has 0 aliphatic carbocycles. The summed E-state index contributed by atoms with van der Waals surface area (Å²) in [4.78, 5) is 7.09. The first kappa shape index (κ1) is 15.5. The molecule has 5 rings (SSSR count). The van der Waals surface area contributed by atoms with Gasteiger partial charge in [-0.15, -0.1) is 0 Å². The van der Waals surface area contributed by atoms with Crippen LogP contribution in [0.2, 0.25) is 0 Å². The van der Waals surface area contributed by atoms with Gasteiger partial charge in [0.15, 0.2) is 17.1 Å². The highest BCUT2D eigenvalue weighted by molar-refractivity contribution is 5.59. The summed E-state index contributed by atoms with van der Waals surface area (Å²) in [5.41, 5.74) is 3.33. The Morgan fingerprint density at radius 1 is 1.15 bits per heavy atom. The molecule has 2 aromatic heterocycles. The fourth-order valence-corrected chi connectivity index (χ4v) is 3.74. The van der Waals surface area contributed by atoms with E-state index < -0.39 is 0 Å². The van der Waals surface area contributed by atoms with Crippen LogP contribution in [0.15, 0.2) is 36.5 Å². The lowest BCUT2D eigenvalue weighted by Gasteiger charge is -2.42. The summed E-state index contributed by atoms with van der Waals surface area (Å²) in [5, 5.41) is 7.90. The molecule has 0 unspecified atom stereocenters. The lowest BCUT2D eigenvalue weighted by molar-refractivity contribution is 0.160. The van der Waals surface area contributed by atoms with Gasteiger partial charge >= 0.3 is 0 Å². The van der Waals surface area contributed by atoms with Crippen molar-refractivity contribution in [1.29, 1.82) is 0 Å². The molecule has 0 spiro atoms. The minimum Gasteiger partial charge on any atom is -0.493 e. The van der Waals surface area contributed by atoms with Crippen LogP contribution in [0.25, 0.3) is 5.65 Å². The smallest absolute Gasteiger partial charge is 0.161 e. The first-order chi connectivity index (χ1) is 12.8. The number of benzene rings is 1. The molecule has 134 valence electrons. The number of methoxy groups -OCH3 is 1. The summed E-state index contributed by atoms with van der Waals surface area (Å²) in [5.74, 6) is 2.73. The van der Waals surface area contributed by atoms with Crippen molar-refractivity contribution < 1.29 is 9.47 Å². The summed E-state index contributed by atoms with van der Waals surface area (Å²) in [6.07, 6.45) is 2.93. The van der Waals surface area contributed by atoms with Crippen molar-refractivity contribution >= 4 is 11.5 Å². The van der Waals surface area contributed by atoms with Gasteiger partial charge in [-0.25, -0.2) is 4.98 Å². The second-order valence-corrected chi connectivity index (χ2v) is 6.68. The topological polar surface area (TPSA) is 63.9 Å². The van der Waals surface area contributed by atoms with E-state index in [0.717, 1.165) is 61.3 Å². The van der Waals surface area contributed by atoms with Crippen LogP contribution in [0.3, 0.4) is 0 Å². The second-order valence-electron chi connectivity index (χ2n) is 6.68. The predicted octanol–water partition coefficient (Wildman–Crippen LogP) is 1.65. The van der Waals surface area contributed by atoms with Crippen LogP contribution in [0.4, 0.5) is 5.82 Å². The molecular weight excluding hydrogens is 330 g/mol. The van der Waals surface area contributed by atoms with E-state index in [9.17, 15) is 0 Å². The summed E-state index contributed by atoms with van der Waals surface area (Å²) < 4.78 is 13.5. The van der Waals surface area contributed by atoms with Gasteiger partial charge in [-0.05, 0) is 25.1 Å². The number of ether oxygens (including phenoxy) is 2. The van der Waals surface area contributed by atoms with Crippen LogP contribution in [-0.4, -0.2) is 47.4 Å². The molecule has 1 N–H and O–H groups in total. The second kappa shape index (κ2) is 6.17. The lowest BCUT2D eigenvalue weighted by Crippen LogP contribution is -2.55. The first-order valence-electron chi connectivity index (χ1n) is 8.94. The molecule has 0 amide bonds. The predicted molar refractivity (Wildman–Crippen MR) is 98.0 cm³/mol. The number of rotatable bonds is 4. The Bertz CT molecular complexity index is 948. The van der Waals surface area contributed by atoms with E-state index >= 15 is 0 Å². The quantitative estimate of drug-likeness (QED) is 0.771. The van der Waals surface area contributed by atoms with Crippen molar-refractivity contribution in [2.75, 3.05) is 31.6 Å². The Labute approximate surface area is 151 Å². The summed E-state index contributed by atoms with van der Waals surface area (Å²) in [6.45, 7) is 3.45. The van der Waals surface area contributed by atoms with E-state index in [2.05, 4.69) is 15.3 Å². The SMILES string of the molecule is COc1ccccc1OC1CN(c2c3c(nc4ccnn24)CNCC3)C1. The molecule has 0 saturated carbocycles. The number of anilines is 1. The Morgan fingerprint density at radius 2 is 2.00 bits per heavy atom. The molecule has 1 saturated heterocycles. The van der Waals surface area contributed by atoms with Crippen LogP contribution >= 0.6 is 0 Å². The Hall–Kier alpha value is -2.80. The zero-order valence-corrected chi connectivity index (χ0v) is 14.7. The van der Waals surface area contributed by atoms with E-state index in [1.807, 2.05) is 41.0 Å². The Kier molecular flexibility index (Phi) is 3.67. The minimum atomic E-state index is 0.141. The molecule has 4 heterocycles. The van der Waals surface area contributed by atoms with Crippen LogP contribution in [0.5, 0.6) is 11.5 Å². The van der Waals surface area contributed by atoms with Crippen molar-refractivity contribution in [3.63, 3.8) is 0 Å². The van der Waals surface area contributed by atoms with Gasteiger partial charge in [0.1, 0.15) is 11.9 Å². The highest BCUT2D eigenvalue weighted by Gasteiger charge is 2.34. The molecular formula is C19H21N5O2. The molecule has 3 aromatic rings. The van der Waals surface area contributed by atoms with Gasteiger partial charge in [-0.3, -0.25) is 0 Å². The standard InChI is InChI=1S/C19H21N5O2/c1-25-16-4-2-3-5-17(16)26-13-11-23(12-13)19-14-6-8-20-10-15(14)22-18-7-9-21-24(18)19/h2-5,7,9,13,20H,6,8,10-12H2,1H3. The number of aromatic nitrogens is 3. The number of hydrogen-bond acceptors (Lipinski definition) is 6. The molecule has 1 fully saturated rings. The molecule has 2 aliphatic rings. The average molecular weight is 351 g/mol. The van der Waals surface area contributed by atoms with E-state index in [4.69, 9.17) is 14.5 Å². The largest absolute Gasteiger partial charge is 0.493 e. The van der Waals surface area contributed by atoms with Crippen LogP contribution in [0.1, 0.15) is 11.3 Å². The third-order valence-corrected chi connectivity index (χ3v) is 5.05. The van der Waals surface area contributed by atoms with Crippen LogP contribution < -0.4 is 19.7 Å². The van der Waals surface area contributed by atoms with Gasteiger partial charge in [0.25, 0.3) is 0 Å². The third kappa shape index (κ3) is 2.47. The van der Waals surface area contributed by atoms with Crippen molar-refractivity contribution in [1.82, 2.24) is 19.9 Å². The van der Waals surface area contributed by atoms with E-state index in [1.165, 1.54) is 5.56 Å². The van der Waals surface area contributed by atoms with Gasteiger partial charge in [0, 0.05) is 18.2 Å². The maximum Gasteiger partial charge on any atom is 0.161 e. The monoisotopic (exact) mass is 351 g/mol. The van der Waals surface area contributed by atoms with E-state index in [1.54, 1.807) is 7.11 Å². The van der Waals surface area contributed by atoms with Crippen LogP contribution in [-0.2, 0) is 13.0 Å². The van der Waals surface area contributed by atoms with E-state index in [0.29, 0.717) is 0 Å². The van der Waals surface area contributed by atoms with E-state index in [-0.39, 0.29) is 6.10 Å². The van der Waals surface area contributed by atoms with Crippen molar-refractivity contribution in [2.45, 2.75) is 19.1 Å². The normalized spacial score (nSPS) is 17.0. The summed E-state index contributed by atoms with van der Waals surface area (Å²) in [6, 6.07) is 9.75. The molecule has 2 aliphatic heterocycles. The fraction of sp³-hybridized carbons (Fsp3) is 0.368. The molecule has 26 heavy (non-hydrogen) atoms. The van der Waals surface area contributed by atoms with Gasteiger partial charge in [0.2, 0.25) is 0 Å². The number of para-hydroxylation sites is 2. The number of hydrogen-bond donors (Lipinski definition) is 1. The summed E-state index contributed by atoms with van der Waals surface area (Å²) >= 11 is 0. The number of nitrogens with zero attached hydrogens (tertiary/aromatic N) is 4. The number of nitrogens with one attached hydrogen (secondary N) is 1. The summed E-state index contributed by atoms with van der Waals surface area (Å²) in [7, 11) is 1.67. The molecule has 0 atom stereocenters. The van der Waals surface area contributed by atoms with Crippen molar-refractivity contribution in [2.24, 2.45) is 0 Å². The maximum absolute atomic E-state index is 6.14. The highest BCUT2D eigenvalue weighted by Crippen LogP contribution is 2.33. The lowest BCUT2D eigenvalue weighted by atomic mass is 10.0. The molecule has 7 heteroatoms. The third-order valence-electron chi connectivity index (χ3n) is 5.05. The molecule has 0 radical (unpaired) electrons. The van der Waals surface area contributed by atoms with Crippen molar-refractivity contribution in [3.8, 4) is 11.5 Å².